The molecule has 0 aliphatic carbocycles. The van der Waals surface area contributed by atoms with E-state index in [-0.39, 0.29) is 5.56 Å². The minimum atomic E-state index is -0.914. The lowest BCUT2D eigenvalue weighted by Gasteiger charge is -2.38. The van der Waals surface area contributed by atoms with Crippen molar-refractivity contribution in [2.45, 2.75) is 13.0 Å². The van der Waals surface area contributed by atoms with Crippen LogP contribution in [0.15, 0.2) is 12.4 Å². The van der Waals surface area contributed by atoms with Crippen LogP contribution in [-0.2, 0) is 0 Å². The molecule has 1 saturated heterocycles. The summed E-state index contributed by atoms with van der Waals surface area (Å²) in [5, 5.41) is 12.7. The van der Waals surface area contributed by atoms with Crippen molar-refractivity contribution in [2.24, 2.45) is 0 Å². The number of hydrogen-bond acceptors (Lipinski definition) is 3. The van der Waals surface area contributed by atoms with Crippen molar-refractivity contribution in [3.05, 3.63) is 18.0 Å². The van der Waals surface area contributed by atoms with Gasteiger partial charge >= 0.3 is 5.97 Å². The molecule has 0 aromatic carbocycles. The first-order chi connectivity index (χ1) is 6.70. The molecule has 5 nitrogen and oxygen atoms in total. The van der Waals surface area contributed by atoms with E-state index < -0.39 is 5.97 Å². The molecule has 1 N–H and O–H groups in total. The average molecular weight is 195 g/mol. The van der Waals surface area contributed by atoms with E-state index in [1.807, 2.05) is 0 Å². The van der Waals surface area contributed by atoms with E-state index in [1.54, 1.807) is 10.9 Å². The summed E-state index contributed by atoms with van der Waals surface area (Å²) in [6.07, 6.45) is 3.00. The summed E-state index contributed by atoms with van der Waals surface area (Å²) in [6, 6.07) is 0.350. The Balaban J connectivity index is 2.01. The summed E-state index contributed by atoms with van der Waals surface area (Å²) in [7, 11) is 0. The fraction of sp³-hybridized carbons (Fsp3) is 0.556. The molecule has 0 bridgehead atoms. The van der Waals surface area contributed by atoms with Crippen LogP contribution in [0.25, 0.3) is 0 Å². The van der Waals surface area contributed by atoms with Crippen LogP contribution < -0.4 is 0 Å². The third-order valence-electron chi connectivity index (χ3n) is 2.61. The molecule has 1 aliphatic heterocycles. The zero-order chi connectivity index (χ0) is 10.1. The van der Waals surface area contributed by atoms with Crippen LogP contribution in [0.4, 0.5) is 0 Å². The summed E-state index contributed by atoms with van der Waals surface area (Å²) >= 11 is 0. The van der Waals surface area contributed by atoms with Crippen molar-refractivity contribution in [1.29, 1.82) is 0 Å². The van der Waals surface area contributed by atoms with E-state index in [4.69, 9.17) is 5.11 Å². The van der Waals surface area contributed by atoms with Crippen LogP contribution in [0.1, 0.15) is 23.3 Å². The molecule has 1 aliphatic rings. The van der Waals surface area contributed by atoms with Crippen molar-refractivity contribution < 1.29 is 9.90 Å². The van der Waals surface area contributed by atoms with Gasteiger partial charge in [0.05, 0.1) is 17.8 Å². The summed E-state index contributed by atoms with van der Waals surface area (Å²) < 4.78 is 1.75. The maximum atomic E-state index is 10.6. The molecule has 1 aromatic heterocycles. The summed E-state index contributed by atoms with van der Waals surface area (Å²) in [6.45, 7) is 5.10. The number of hydrogen-bond donors (Lipinski definition) is 1. The number of nitrogens with zero attached hydrogens (tertiary/aromatic N) is 3. The summed E-state index contributed by atoms with van der Waals surface area (Å²) in [5.74, 6) is -0.914. The first-order valence-corrected chi connectivity index (χ1v) is 4.70. The Morgan fingerprint density at radius 2 is 2.43 bits per heavy atom. The molecule has 0 saturated carbocycles. The minimum absolute atomic E-state index is 0.264. The van der Waals surface area contributed by atoms with Gasteiger partial charge in [0.1, 0.15) is 0 Å². The van der Waals surface area contributed by atoms with E-state index in [1.165, 1.54) is 6.20 Å². The zero-order valence-electron chi connectivity index (χ0n) is 8.05. The Morgan fingerprint density at radius 3 is 2.93 bits per heavy atom. The Morgan fingerprint density at radius 1 is 1.71 bits per heavy atom. The van der Waals surface area contributed by atoms with Gasteiger partial charge in [-0.2, -0.15) is 5.10 Å². The van der Waals surface area contributed by atoms with Crippen molar-refractivity contribution in [3.8, 4) is 0 Å². The molecule has 0 unspecified atom stereocenters. The van der Waals surface area contributed by atoms with E-state index in [9.17, 15) is 4.79 Å². The lowest BCUT2D eigenvalue weighted by molar-refractivity contribution is 0.0695. The molecule has 1 aromatic rings. The third-order valence-corrected chi connectivity index (χ3v) is 2.61. The molecule has 0 spiro atoms. The summed E-state index contributed by atoms with van der Waals surface area (Å²) in [5.41, 5.74) is 0.264. The molecule has 0 amide bonds. The monoisotopic (exact) mass is 195 g/mol. The SMILES string of the molecule is CCN1CC(n2cc(C(=O)O)cn2)C1. The first kappa shape index (κ1) is 9.21. The molecule has 2 heterocycles. The standard InChI is InChI=1S/C9H13N3O2/c1-2-11-5-8(6-11)12-4-7(3-10-12)9(13)14/h3-4,8H,2,5-6H2,1H3,(H,13,14). The highest BCUT2D eigenvalue weighted by Gasteiger charge is 2.27. The van der Waals surface area contributed by atoms with Crippen LogP contribution in [0.3, 0.4) is 0 Å². The number of likely N-dealkylation sites (tertiary alicyclic amines) is 1. The van der Waals surface area contributed by atoms with Gasteiger partial charge in [-0.3, -0.25) is 9.58 Å². The molecule has 1 fully saturated rings. The van der Waals surface area contributed by atoms with Crippen molar-refractivity contribution >= 4 is 5.97 Å². The maximum absolute atomic E-state index is 10.6. The largest absolute Gasteiger partial charge is 0.478 e. The highest BCUT2D eigenvalue weighted by Crippen LogP contribution is 2.19. The number of carboxylic acid groups (broad SMARTS) is 1. The lowest BCUT2D eigenvalue weighted by atomic mass is 10.1. The molecule has 0 atom stereocenters. The fourth-order valence-corrected chi connectivity index (χ4v) is 1.62. The Labute approximate surface area is 81.9 Å². The number of aromatic carboxylic acids is 1. The van der Waals surface area contributed by atoms with Crippen LogP contribution in [0.5, 0.6) is 0 Å². The average Bonchev–Trinajstić information content (AvgIpc) is 2.51. The van der Waals surface area contributed by atoms with E-state index in [2.05, 4.69) is 16.9 Å². The van der Waals surface area contributed by atoms with Crippen molar-refractivity contribution in [1.82, 2.24) is 14.7 Å². The van der Waals surface area contributed by atoms with Gasteiger partial charge in [-0.15, -0.1) is 0 Å². The number of carboxylic acids is 1. The van der Waals surface area contributed by atoms with Crippen LogP contribution in [0.2, 0.25) is 0 Å². The minimum Gasteiger partial charge on any atom is -0.478 e. The Hall–Kier alpha value is -1.36. The smallest absolute Gasteiger partial charge is 0.338 e. The maximum Gasteiger partial charge on any atom is 0.338 e. The van der Waals surface area contributed by atoms with E-state index in [0.717, 1.165) is 19.6 Å². The second-order valence-corrected chi connectivity index (χ2v) is 3.52. The van der Waals surface area contributed by atoms with E-state index in [0.29, 0.717) is 6.04 Å². The third kappa shape index (κ3) is 1.50. The molecule has 14 heavy (non-hydrogen) atoms. The molecule has 2 rings (SSSR count). The van der Waals surface area contributed by atoms with Gasteiger partial charge in [-0.25, -0.2) is 4.79 Å². The van der Waals surface area contributed by atoms with Gasteiger partial charge in [0.15, 0.2) is 0 Å². The number of likely N-dealkylation sites (N-methyl/N-ethyl adjacent to an activating group) is 1. The molecule has 76 valence electrons. The zero-order valence-corrected chi connectivity index (χ0v) is 8.05. The first-order valence-electron chi connectivity index (χ1n) is 4.70. The Kier molecular flexibility index (Phi) is 2.25. The second-order valence-electron chi connectivity index (χ2n) is 3.52. The summed E-state index contributed by atoms with van der Waals surface area (Å²) in [4.78, 5) is 12.9. The molecular weight excluding hydrogens is 182 g/mol. The molecular formula is C9H13N3O2. The van der Waals surface area contributed by atoms with Gasteiger partial charge in [-0.1, -0.05) is 6.92 Å². The van der Waals surface area contributed by atoms with Gasteiger partial charge in [-0.05, 0) is 6.54 Å². The number of rotatable bonds is 3. The predicted molar refractivity (Wildman–Crippen MR) is 50.3 cm³/mol. The van der Waals surface area contributed by atoms with Gasteiger partial charge < -0.3 is 5.11 Å². The predicted octanol–water partition coefficient (Wildman–Crippen LogP) is 0.458. The Bertz CT molecular complexity index is 342. The lowest BCUT2D eigenvalue weighted by Crippen LogP contribution is -2.47. The van der Waals surface area contributed by atoms with Crippen molar-refractivity contribution in [3.63, 3.8) is 0 Å². The van der Waals surface area contributed by atoms with Crippen molar-refractivity contribution in [2.75, 3.05) is 19.6 Å². The van der Waals surface area contributed by atoms with Crippen LogP contribution in [0, 0.1) is 0 Å². The van der Waals surface area contributed by atoms with Gasteiger partial charge in [0, 0.05) is 19.3 Å². The van der Waals surface area contributed by atoms with E-state index >= 15 is 0 Å². The quantitative estimate of drug-likeness (QED) is 0.761. The van der Waals surface area contributed by atoms with Gasteiger partial charge in [0.2, 0.25) is 0 Å². The topological polar surface area (TPSA) is 58.4 Å². The number of aromatic nitrogens is 2. The van der Waals surface area contributed by atoms with Crippen LogP contribution in [-0.4, -0.2) is 45.4 Å². The highest BCUT2D eigenvalue weighted by atomic mass is 16.4. The highest BCUT2D eigenvalue weighted by molar-refractivity contribution is 5.86. The number of carbonyl (C=O) groups is 1. The van der Waals surface area contributed by atoms with Gasteiger partial charge in [0.25, 0.3) is 0 Å². The fourth-order valence-electron chi connectivity index (χ4n) is 1.62. The molecule has 5 heteroatoms. The van der Waals surface area contributed by atoms with Crippen LogP contribution >= 0.6 is 0 Å². The second kappa shape index (κ2) is 3.42. The normalized spacial score (nSPS) is 18.1. The molecule has 0 radical (unpaired) electrons.